The zero-order chi connectivity index (χ0) is 13.8. The van der Waals surface area contributed by atoms with E-state index in [4.69, 9.17) is 9.84 Å². The summed E-state index contributed by atoms with van der Waals surface area (Å²) in [5.41, 5.74) is -0.149. The van der Waals surface area contributed by atoms with Crippen LogP contribution in [0.3, 0.4) is 0 Å². The second kappa shape index (κ2) is 5.63. The number of ether oxygens (including phenoxy) is 1. The molecular weight excluding hydrogens is 248 g/mol. The number of phenols is 1. The van der Waals surface area contributed by atoms with Gasteiger partial charge in [0.1, 0.15) is 18.1 Å². The van der Waals surface area contributed by atoms with Gasteiger partial charge in [-0.2, -0.15) is 0 Å². The molecule has 1 amide bonds. The van der Waals surface area contributed by atoms with Crippen LogP contribution in [0, 0.1) is 0 Å². The average Bonchev–Trinajstić information content (AvgIpc) is 2.36. The summed E-state index contributed by atoms with van der Waals surface area (Å²) in [6.45, 7) is -2.37. The first-order valence-electron chi connectivity index (χ1n) is 5.03. The Labute approximate surface area is 102 Å². The Morgan fingerprint density at radius 3 is 2.67 bits per heavy atom. The molecule has 5 nitrogen and oxygen atoms in total. The van der Waals surface area contributed by atoms with Gasteiger partial charge in [-0.25, -0.2) is 8.78 Å². The van der Waals surface area contributed by atoms with Crippen LogP contribution < -0.4 is 10.1 Å². The number of methoxy groups -OCH3 is 1. The van der Waals surface area contributed by atoms with Gasteiger partial charge in [-0.1, -0.05) is 0 Å². The Balaban J connectivity index is 2.73. The van der Waals surface area contributed by atoms with Crippen LogP contribution in [0.2, 0.25) is 0 Å². The second-order valence-corrected chi connectivity index (χ2v) is 3.58. The molecule has 7 heteroatoms. The van der Waals surface area contributed by atoms with E-state index < -0.39 is 25.0 Å². The number of phenolic OH excluding ortho intramolecular Hbond substituents is 1. The quantitative estimate of drug-likeness (QED) is 0.731. The topological polar surface area (TPSA) is 78.8 Å². The third-order valence-corrected chi connectivity index (χ3v) is 2.19. The first-order valence-corrected chi connectivity index (χ1v) is 5.03. The summed E-state index contributed by atoms with van der Waals surface area (Å²) < 4.78 is 30.2. The number of hydrogen-bond acceptors (Lipinski definition) is 4. The lowest BCUT2D eigenvalue weighted by molar-refractivity contribution is -0.0462. The van der Waals surface area contributed by atoms with Gasteiger partial charge in [0.05, 0.1) is 19.2 Å². The van der Waals surface area contributed by atoms with Gasteiger partial charge in [-0.3, -0.25) is 4.79 Å². The molecule has 0 unspecified atom stereocenters. The number of carbonyl (C=O) groups is 1. The van der Waals surface area contributed by atoms with E-state index in [9.17, 15) is 18.7 Å². The summed E-state index contributed by atoms with van der Waals surface area (Å²) in [6.07, 6.45) is 0. The smallest absolute Gasteiger partial charge is 0.287 e. The van der Waals surface area contributed by atoms with Gasteiger partial charge in [-0.15, -0.1) is 0 Å². The van der Waals surface area contributed by atoms with Crippen LogP contribution in [-0.4, -0.2) is 42.3 Å². The number of aliphatic hydroxyl groups excluding tert-OH is 1. The average molecular weight is 261 g/mol. The van der Waals surface area contributed by atoms with Crippen molar-refractivity contribution in [1.82, 2.24) is 5.32 Å². The minimum absolute atomic E-state index is 0.149. The molecule has 0 bridgehead atoms. The standard InChI is InChI=1S/C11H13F2NO4/c1-18-7-2-3-8(9(16)4-7)10(17)14-5-11(12,13)6-15/h2-4,15-16H,5-6H2,1H3,(H,14,17). The van der Waals surface area contributed by atoms with E-state index in [1.165, 1.54) is 25.3 Å². The minimum Gasteiger partial charge on any atom is -0.507 e. The SMILES string of the molecule is COc1ccc(C(=O)NCC(F)(F)CO)c(O)c1. The third-order valence-electron chi connectivity index (χ3n) is 2.19. The van der Waals surface area contributed by atoms with Crippen LogP contribution >= 0.6 is 0 Å². The number of aliphatic hydroxyl groups is 1. The van der Waals surface area contributed by atoms with E-state index in [0.717, 1.165) is 0 Å². The van der Waals surface area contributed by atoms with Gasteiger partial charge < -0.3 is 20.3 Å². The number of rotatable bonds is 5. The molecule has 0 heterocycles. The van der Waals surface area contributed by atoms with Crippen molar-refractivity contribution in [2.45, 2.75) is 5.92 Å². The Morgan fingerprint density at radius 1 is 1.50 bits per heavy atom. The molecule has 0 radical (unpaired) electrons. The number of amides is 1. The predicted molar refractivity (Wildman–Crippen MR) is 59.0 cm³/mol. The van der Waals surface area contributed by atoms with E-state index in [1.807, 2.05) is 5.32 Å². The number of aromatic hydroxyl groups is 1. The molecule has 0 spiro atoms. The number of carbonyl (C=O) groups excluding carboxylic acids is 1. The lowest BCUT2D eigenvalue weighted by Gasteiger charge is -2.14. The van der Waals surface area contributed by atoms with Gasteiger partial charge >= 0.3 is 0 Å². The second-order valence-electron chi connectivity index (χ2n) is 3.58. The zero-order valence-electron chi connectivity index (χ0n) is 9.61. The Hall–Kier alpha value is -1.89. The van der Waals surface area contributed by atoms with Crippen molar-refractivity contribution in [2.75, 3.05) is 20.3 Å². The number of nitrogens with one attached hydrogen (secondary N) is 1. The van der Waals surface area contributed by atoms with Crippen molar-refractivity contribution < 1.29 is 28.5 Å². The maximum Gasteiger partial charge on any atom is 0.287 e. The highest BCUT2D eigenvalue weighted by Gasteiger charge is 2.28. The first kappa shape index (κ1) is 14.2. The first-order chi connectivity index (χ1) is 8.39. The minimum atomic E-state index is -3.39. The van der Waals surface area contributed by atoms with E-state index >= 15 is 0 Å². The van der Waals surface area contributed by atoms with Crippen molar-refractivity contribution in [1.29, 1.82) is 0 Å². The molecule has 0 aliphatic carbocycles. The fraction of sp³-hybridized carbons (Fsp3) is 0.364. The molecule has 0 atom stereocenters. The third kappa shape index (κ3) is 3.56. The van der Waals surface area contributed by atoms with Crippen molar-refractivity contribution in [2.24, 2.45) is 0 Å². The number of benzene rings is 1. The van der Waals surface area contributed by atoms with Crippen molar-refractivity contribution in [3.8, 4) is 11.5 Å². The van der Waals surface area contributed by atoms with Gasteiger partial charge in [-0.05, 0) is 12.1 Å². The lowest BCUT2D eigenvalue weighted by atomic mass is 10.1. The van der Waals surface area contributed by atoms with Gasteiger partial charge in [0.15, 0.2) is 0 Å². The van der Waals surface area contributed by atoms with Crippen molar-refractivity contribution in [3.63, 3.8) is 0 Å². The highest BCUT2D eigenvalue weighted by atomic mass is 19.3. The number of hydrogen-bond donors (Lipinski definition) is 3. The summed E-state index contributed by atoms with van der Waals surface area (Å²) in [5, 5.41) is 19.8. The maximum atomic E-state index is 12.7. The van der Waals surface area contributed by atoms with E-state index in [1.54, 1.807) is 0 Å². The number of alkyl halides is 2. The van der Waals surface area contributed by atoms with Crippen LogP contribution in [0.25, 0.3) is 0 Å². The van der Waals surface area contributed by atoms with Gasteiger partial charge in [0, 0.05) is 6.07 Å². The Kier molecular flexibility index (Phi) is 4.43. The summed E-state index contributed by atoms with van der Waals surface area (Å²) in [6, 6.07) is 3.86. The summed E-state index contributed by atoms with van der Waals surface area (Å²) in [4.78, 5) is 11.5. The summed E-state index contributed by atoms with van der Waals surface area (Å²) in [7, 11) is 1.39. The normalized spacial score (nSPS) is 11.1. The molecule has 1 aromatic carbocycles. The largest absolute Gasteiger partial charge is 0.507 e. The zero-order valence-corrected chi connectivity index (χ0v) is 9.61. The number of halogens is 2. The van der Waals surface area contributed by atoms with Gasteiger partial charge in [0.2, 0.25) is 0 Å². The molecule has 1 rings (SSSR count). The molecule has 3 N–H and O–H groups in total. The lowest BCUT2D eigenvalue weighted by Crippen LogP contribution is -2.38. The summed E-state index contributed by atoms with van der Waals surface area (Å²) >= 11 is 0. The van der Waals surface area contributed by atoms with E-state index in [2.05, 4.69) is 0 Å². The molecule has 0 aliphatic rings. The van der Waals surface area contributed by atoms with E-state index in [-0.39, 0.29) is 11.3 Å². The Morgan fingerprint density at radius 2 is 2.17 bits per heavy atom. The van der Waals surface area contributed by atoms with Crippen molar-refractivity contribution in [3.05, 3.63) is 23.8 Å². The van der Waals surface area contributed by atoms with E-state index in [0.29, 0.717) is 5.75 Å². The fourth-order valence-electron chi connectivity index (χ4n) is 1.19. The van der Waals surface area contributed by atoms with Gasteiger partial charge in [0.25, 0.3) is 11.8 Å². The van der Waals surface area contributed by atoms with Crippen LogP contribution in [0.5, 0.6) is 11.5 Å². The Bertz CT molecular complexity index is 437. The van der Waals surface area contributed by atoms with Crippen molar-refractivity contribution >= 4 is 5.91 Å². The predicted octanol–water partition coefficient (Wildman–Crippen LogP) is 0.758. The maximum absolute atomic E-state index is 12.7. The highest BCUT2D eigenvalue weighted by molar-refractivity contribution is 5.97. The van der Waals surface area contributed by atoms with Crippen LogP contribution in [0.1, 0.15) is 10.4 Å². The monoisotopic (exact) mass is 261 g/mol. The molecule has 0 fully saturated rings. The molecule has 18 heavy (non-hydrogen) atoms. The molecule has 0 saturated heterocycles. The summed E-state index contributed by atoms with van der Waals surface area (Å²) in [5.74, 6) is -4.29. The molecule has 0 saturated carbocycles. The molecule has 100 valence electrons. The molecule has 1 aromatic rings. The van der Waals surface area contributed by atoms with Crippen LogP contribution in [0.4, 0.5) is 8.78 Å². The molecular formula is C11H13F2NO4. The fourth-order valence-corrected chi connectivity index (χ4v) is 1.19. The molecule has 0 aromatic heterocycles. The molecule has 0 aliphatic heterocycles. The van der Waals surface area contributed by atoms with Crippen LogP contribution in [-0.2, 0) is 0 Å². The highest BCUT2D eigenvalue weighted by Crippen LogP contribution is 2.23. The van der Waals surface area contributed by atoms with Crippen LogP contribution in [0.15, 0.2) is 18.2 Å².